The fourth-order valence-corrected chi connectivity index (χ4v) is 1.58. The molecule has 0 aliphatic rings. The smallest absolute Gasteiger partial charge is 0.146 e. The first-order valence-corrected chi connectivity index (χ1v) is 5.93. The molecular formula is C13H20FNO3. The summed E-state index contributed by atoms with van der Waals surface area (Å²) in [5.41, 5.74) is 1.02. The van der Waals surface area contributed by atoms with Gasteiger partial charge in [-0.15, -0.1) is 0 Å². The van der Waals surface area contributed by atoms with Gasteiger partial charge in [0, 0.05) is 13.6 Å². The second kappa shape index (κ2) is 7.31. The van der Waals surface area contributed by atoms with Crippen LogP contribution in [-0.4, -0.2) is 43.6 Å². The van der Waals surface area contributed by atoms with Crippen LogP contribution in [0.4, 0.5) is 10.1 Å². The Morgan fingerprint density at radius 2 is 2.11 bits per heavy atom. The van der Waals surface area contributed by atoms with Crippen molar-refractivity contribution in [2.75, 3.05) is 38.3 Å². The number of anilines is 1. The van der Waals surface area contributed by atoms with Gasteiger partial charge in [0.25, 0.3) is 0 Å². The fourth-order valence-electron chi connectivity index (χ4n) is 1.58. The first-order chi connectivity index (χ1) is 8.56. The van der Waals surface area contributed by atoms with Gasteiger partial charge in [-0.2, -0.15) is 0 Å². The first kappa shape index (κ1) is 14.9. The summed E-state index contributed by atoms with van der Waals surface area (Å²) in [5, 5.41) is 17.9. The van der Waals surface area contributed by atoms with Crippen molar-refractivity contribution in [2.45, 2.75) is 13.0 Å². The Morgan fingerprint density at radius 1 is 1.39 bits per heavy atom. The van der Waals surface area contributed by atoms with Gasteiger partial charge >= 0.3 is 0 Å². The van der Waals surface area contributed by atoms with Gasteiger partial charge in [-0.1, -0.05) is 6.07 Å². The number of benzene rings is 1. The summed E-state index contributed by atoms with van der Waals surface area (Å²) in [7, 11) is 1.77. The van der Waals surface area contributed by atoms with Crippen LogP contribution < -0.4 is 4.90 Å². The van der Waals surface area contributed by atoms with Gasteiger partial charge in [0.15, 0.2) is 0 Å². The van der Waals surface area contributed by atoms with Crippen LogP contribution in [0.5, 0.6) is 0 Å². The van der Waals surface area contributed by atoms with E-state index in [4.69, 9.17) is 9.84 Å². The lowest BCUT2D eigenvalue weighted by atomic mass is 10.1. The van der Waals surface area contributed by atoms with E-state index in [9.17, 15) is 9.50 Å². The van der Waals surface area contributed by atoms with Crippen molar-refractivity contribution in [3.63, 3.8) is 0 Å². The number of likely N-dealkylation sites (N-methyl/N-ethyl adjacent to an activating group) is 1. The molecule has 0 fully saturated rings. The maximum atomic E-state index is 13.8. The Kier molecular flexibility index (Phi) is 6.04. The third-order valence-electron chi connectivity index (χ3n) is 2.67. The summed E-state index contributed by atoms with van der Waals surface area (Å²) in [6.07, 6.45) is -0.674. The van der Waals surface area contributed by atoms with E-state index in [1.807, 2.05) is 0 Å². The van der Waals surface area contributed by atoms with Crippen molar-refractivity contribution in [1.82, 2.24) is 0 Å². The molecule has 0 aliphatic heterocycles. The molecule has 1 atom stereocenters. The van der Waals surface area contributed by atoms with Gasteiger partial charge in [0.05, 0.1) is 31.6 Å². The molecule has 0 amide bonds. The number of aliphatic hydroxyl groups is 2. The molecule has 102 valence electrons. The van der Waals surface area contributed by atoms with Crippen LogP contribution in [0.2, 0.25) is 0 Å². The highest BCUT2D eigenvalue weighted by Gasteiger charge is 2.10. The van der Waals surface area contributed by atoms with Crippen LogP contribution in [0.25, 0.3) is 0 Å². The van der Waals surface area contributed by atoms with Gasteiger partial charge < -0.3 is 19.8 Å². The average molecular weight is 257 g/mol. The Bertz CT molecular complexity index is 371. The van der Waals surface area contributed by atoms with E-state index >= 15 is 0 Å². The number of hydrogen-bond acceptors (Lipinski definition) is 4. The molecular weight excluding hydrogens is 237 g/mol. The fraction of sp³-hybridized carbons (Fsp3) is 0.538. The van der Waals surface area contributed by atoms with Gasteiger partial charge in [-0.05, 0) is 24.6 Å². The summed E-state index contributed by atoms with van der Waals surface area (Å²) in [5.74, 6) is -0.363. The maximum Gasteiger partial charge on any atom is 0.146 e. The first-order valence-electron chi connectivity index (χ1n) is 5.93. The summed E-state index contributed by atoms with van der Waals surface area (Å²) in [4.78, 5) is 1.73. The standard InChI is InChI=1S/C13H20FNO3/c1-10(17)11-3-4-13(12(14)9-11)15(2)5-7-18-8-6-16/h3-4,9-10,16-17H,5-8H2,1-2H3/t10-/m1/s1. The summed E-state index contributed by atoms with van der Waals surface area (Å²) < 4.78 is 18.9. The van der Waals surface area contributed by atoms with Gasteiger partial charge in [-0.3, -0.25) is 0 Å². The SMILES string of the molecule is C[C@@H](O)c1ccc(N(C)CCOCCO)c(F)c1. The van der Waals surface area contributed by atoms with E-state index in [0.717, 1.165) is 0 Å². The number of hydrogen-bond donors (Lipinski definition) is 2. The Balaban J connectivity index is 2.60. The van der Waals surface area contributed by atoms with Crippen molar-refractivity contribution >= 4 is 5.69 Å². The van der Waals surface area contributed by atoms with Crippen LogP contribution in [-0.2, 0) is 4.74 Å². The zero-order chi connectivity index (χ0) is 13.5. The van der Waals surface area contributed by atoms with E-state index in [2.05, 4.69) is 0 Å². The minimum atomic E-state index is -0.674. The minimum absolute atomic E-state index is 0.0127. The van der Waals surface area contributed by atoms with Gasteiger partial charge in [0.2, 0.25) is 0 Å². The van der Waals surface area contributed by atoms with E-state index in [-0.39, 0.29) is 19.0 Å². The highest BCUT2D eigenvalue weighted by molar-refractivity contribution is 5.48. The number of rotatable bonds is 7. The number of halogens is 1. The molecule has 0 saturated heterocycles. The van der Waals surface area contributed by atoms with Crippen LogP contribution in [0, 0.1) is 5.82 Å². The predicted molar refractivity (Wildman–Crippen MR) is 68.2 cm³/mol. The average Bonchev–Trinajstić information content (AvgIpc) is 2.34. The van der Waals surface area contributed by atoms with E-state index in [1.165, 1.54) is 6.07 Å². The zero-order valence-electron chi connectivity index (χ0n) is 10.8. The quantitative estimate of drug-likeness (QED) is 0.723. The molecule has 1 aromatic carbocycles. The zero-order valence-corrected chi connectivity index (χ0v) is 10.8. The lowest BCUT2D eigenvalue weighted by Gasteiger charge is -2.20. The normalized spacial score (nSPS) is 12.5. The van der Waals surface area contributed by atoms with Gasteiger partial charge in [-0.25, -0.2) is 4.39 Å². The third-order valence-corrected chi connectivity index (χ3v) is 2.67. The Hall–Kier alpha value is -1.17. The van der Waals surface area contributed by atoms with E-state index < -0.39 is 6.10 Å². The van der Waals surface area contributed by atoms with Crippen LogP contribution in [0.15, 0.2) is 18.2 Å². The van der Waals surface area contributed by atoms with Crippen LogP contribution in [0.1, 0.15) is 18.6 Å². The number of aliphatic hydroxyl groups excluding tert-OH is 2. The Labute approximate surface area is 107 Å². The number of nitrogens with zero attached hydrogens (tertiary/aromatic N) is 1. The van der Waals surface area contributed by atoms with Crippen LogP contribution in [0.3, 0.4) is 0 Å². The summed E-state index contributed by atoms with van der Waals surface area (Å²) >= 11 is 0. The second-order valence-corrected chi connectivity index (χ2v) is 4.14. The van der Waals surface area contributed by atoms with Crippen molar-refractivity contribution < 1.29 is 19.3 Å². The molecule has 0 saturated carbocycles. The van der Waals surface area contributed by atoms with Crippen molar-refractivity contribution in [1.29, 1.82) is 0 Å². The molecule has 1 rings (SSSR count). The van der Waals surface area contributed by atoms with Crippen molar-refractivity contribution in [3.05, 3.63) is 29.6 Å². The van der Waals surface area contributed by atoms with Crippen LogP contribution >= 0.6 is 0 Å². The molecule has 2 N–H and O–H groups in total. The summed E-state index contributed by atoms with van der Waals surface area (Å²) in [6.45, 7) is 2.83. The molecule has 0 unspecified atom stereocenters. The monoisotopic (exact) mass is 257 g/mol. The molecule has 0 radical (unpaired) electrons. The lowest BCUT2D eigenvalue weighted by molar-refractivity contribution is 0.0970. The summed E-state index contributed by atoms with van der Waals surface area (Å²) in [6, 6.07) is 4.68. The largest absolute Gasteiger partial charge is 0.394 e. The molecule has 0 aromatic heterocycles. The molecule has 0 bridgehead atoms. The molecule has 0 heterocycles. The highest BCUT2D eigenvalue weighted by atomic mass is 19.1. The number of ether oxygens (including phenoxy) is 1. The topological polar surface area (TPSA) is 52.9 Å². The lowest BCUT2D eigenvalue weighted by Crippen LogP contribution is -2.24. The third kappa shape index (κ3) is 4.25. The maximum absolute atomic E-state index is 13.8. The minimum Gasteiger partial charge on any atom is -0.394 e. The second-order valence-electron chi connectivity index (χ2n) is 4.14. The predicted octanol–water partition coefficient (Wildman–Crippen LogP) is 1.32. The molecule has 18 heavy (non-hydrogen) atoms. The van der Waals surface area contributed by atoms with Gasteiger partial charge in [0.1, 0.15) is 5.82 Å². The van der Waals surface area contributed by atoms with E-state index in [1.54, 1.807) is 31.0 Å². The molecule has 0 spiro atoms. The molecule has 4 nitrogen and oxygen atoms in total. The highest BCUT2D eigenvalue weighted by Crippen LogP contribution is 2.22. The van der Waals surface area contributed by atoms with Crippen molar-refractivity contribution in [2.24, 2.45) is 0 Å². The van der Waals surface area contributed by atoms with E-state index in [0.29, 0.717) is 24.4 Å². The molecule has 5 heteroatoms. The van der Waals surface area contributed by atoms with Crippen molar-refractivity contribution in [3.8, 4) is 0 Å². The molecule has 0 aliphatic carbocycles. The molecule has 1 aromatic rings. The Morgan fingerprint density at radius 3 is 2.67 bits per heavy atom.